The molecule has 0 bridgehead atoms. The minimum atomic E-state index is -3.14. The van der Waals surface area contributed by atoms with Crippen LogP contribution in [0.3, 0.4) is 0 Å². The van der Waals surface area contributed by atoms with E-state index >= 15 is 0 Å². The van der Waals surface area contributed by atoms with Crippen LogP contribution in [0, 0.1) is 0 Å². The third kappa shape index (κ3) is 2.30. The number of cyclic esters (lactones) is 1. The van der Waals surface area contributed by atoms with Gasteiger partial charge in [0.05, 0.1) is 7.11 Å². The Morgan fingerprint density at radius 2 is 2.29 bits per heavy atom. The van der Waals surface area contributed by atoms with Crippen molar-refractivity contribution in [3.8, 4) is 5.75 Å². The summed E-state index contributed by atoms with van der Waals surface area (Å²) in [5.74, 6) is -2.68. The molecule has 1 aliphatic rings. The molecule has 0 aromatic heterocycles. The van der Waals surface area contributed by atoms with Crippen LogP contribution >= 0.6 is 0 Å². The molecule has 1 aromatic rings. The first-order valence-corrected chi connectivity index (χ1v) is 4.98. The Morgan fingerprint density at radius 1 is 1.53 bits per heavy atom. The van der Waals surface area contributed by atoms with Crippen LogP contribution in [0.4, 0.5) is 13.6 Å². The molecule has 0 unspecified atom stereocenters. The molecule has 4 nitrogen and oxygen atoms in total. The fourth-order valence-corrected chi connectivity index (χ4v) is 1.66. The third-order valence-corrected chi connectivity index (χ3v) is 2.51. The molecule has 1 amide bonds. The zero-order chi connectivity index (χ0) is 12.5. The first-order valence-electron chi connectivity index (χ1n) is 4.98. The van der Waals surface area contributed by atoms with Crippen LogP contribution in [-0.2, 0) is 4.74 Å². The van der Waals surface area contributed by atoms with E-state index < -0.39 is 24.7 Å². The summed E-state index contributed by atoms with van der Waals surface area (Å²) in [5.41, 5.74) is 0.283. The van der Waals surface area contributed by atoms with Crippen molar-refractivity contribution in [3.05, 3.63) is 29.8 Å². The van der Waals surface area contributed by atoms with Gasteiger partial charge in [-0.3, -0.25) is 0 Å². The lowest BCUT2D eigenvalue weighted by Crippen LogP contribution is -2.49. The van der Waals surface area contributed by atoms with Crippen LogP contribution in [0.25, 0.3) is 0 Å². The molecule has 1 atom stereocenters. The normalized spacial score (nSPS) is 22.5. The number of methoxy groups -OCH3 is 1. The minimum absolute atomic E-state index is 0.283. The fraction of sp³-hybridized carbons (Fsp3) is 0.364. The van der Waals surface area contributed by atoms with E-state index in [0.29, 0.717) is 5.75 Å². The van der Waals surface area contributed by atoms with Gasteiger partial charge in [0.1, 0.15) is 11.8 Å². The maximum absolute atomic E-state index is 13.6. The number of ether oxygens (including phenoxy) is 2. The SMILES string of the molecule is COc1cccc([C@H]2NC(=O)OCC2(F)F)c1. The number of alkyl halides is 2. The van der Waals surface area contributed by atoms with Crippen LogP contribution in [0.2, 0.25) is 0 Å². The van der Waals surface area contributed by atoms with Gasteiger partial charge in [0.15, 0.2) is 6.61 Å². The fourth-order valence-electron chi connectivity index (χ4n) is 1.66. The zero-order valence-electron chi connectivity index (χ0n) is 9.07. The van der Waals surface area contributed by atoms with Crippen molar-refractivity contribution in [1.82, 2.24) is 5.32 Å². The first kappa shape index (κ1) is 11.6. The van der Waals surface area contributed by atoms with Crippen LogP contribution < -0.4 is 10.1 Å². The molecule has 1 aromatic carbocycles. The molecule has 0 aliphatic carbocycles. The van der Waals surface area contributed by atoms with E-state index in [9.17, 15) is 13.6 Å². The van der Waals surface area contributed by atoms with Crippen LogP contribution in [0.1, 0.15) is 11.6 Å². The molecular weight excluding hydrogens is 232 g/mol. The van der Waals surface area contributed by atoms with Gasteiger partial charge in [-0.25, -0.2) is 13.6 Å². The molecule has 1 aliphatic heterocycles. The van der Waals surface area contributed by atoms with Gasteiger partial charge in [0.25, 0.3) is 0 Å². The van der Waals surface area contributed by atoms with Gasteiger partial charge in [-0.1, -0.05) is 12.1 Å². The molecule has 1 N–H and O–H groups in total. The first-order chi connectivity index (χ1) is 8.03. The predicted molar refractivity (Wildman–Crippen MR) is 55.2 cm³/mol. The van der Waals surface area contributed by atoms with Crippen LogP contribution in [0.15, 0.2) is 24.3 Å². The zero-order valence-corrected chi connectivity index (χ0v) is 9.07. The predicted octanol–water partition coefficient (Wildman–Crippen LogP) is 2.11. The summed E-state index contributed by atoms with van der Waals surface area (Å²) in [6.07, 6.45) is -0.844. The number of carbonyl (C=O) groups excluding carboxylic acids is 1. The number of rotatable bonds is 2. The molecule has 1 heterocycles. The van der Waals surface area contributed by atoms with Gasteiger partial charge in [-0.2, -0.15) is 0 Å². The lowest BCUT2D eigenvalue weighted by molar-refractivity contribution is -0.104. The Hall–Kier alpha value is -1.85. The topological polar surface area (TPSA) is 47.6 Å². The summed E-state index contributed by atoms with van der Waals surface area (Å²) in [6, 6.07) is 4.81. The van der Waals surface area contributed by atoms with E-state index in [-0.39, 0.29) is 5.56 Å². The maximum Gasteiger partial charge on any atom is 0.408 e. The average molecular weight is 243 g/mol. The second-order valence-corrected chi connectivity index (χ2v) is 3.69. The number of halogens is 2. The minimum Gasteiger partial charge on any atom is -0.497 e. The highest BCUT2D eigenvalue weighted by Crippen LogP contribution is 2.35. The monoisotopic (exact) mass is 243 g/mol. The summed E-state index contributed by atoms with van der Waals surface area (Å²) in [5, 5.41) is 2.11. The Balaban J connectivity index is 2.32. The van der Waals surface area contributed by atoms with Gasteiger partial charge in [-0.05, 0) is 17.7 Å². The second kappa shape index (κ2) is 4.20. The highest BCUT2D eigenvalue weighted by molar-refractivity contribution is 5.69. The second-order valence-electron chi connectivity index (χ2n) is 3.69. The number of alkyl carbamates (subject to hydrolysis) is 1. The van der Waals surface area contributed by atoms with Crippen LogP contribution in [-0.4, -0.2) is 25.7 Å². The number of carbonyl (C=O) groups is 1. The van der Waals surface area contributed by atoms with Crippen molar-refractivity contribution in [2.24, 2.45) is 0 Å². The number of hydrogen-bond donors (Lipinski definition) is 1. The number of nitrogens with one attached hydrogen (secondary N) is 1. The van der Waals surface area contributed by atoms with E-state index in [4.69, 9.17) is 4.74 Å². The molecular formula is C11H11F2NO3. The highest BCUT2D eigenvalue weighted by Gasteiger charge is 2.46. The molecule has 92 valence electrons. The van der Waals surface area contributed by atoms with Gasteiger partial charge in [0.2, 0.25) is 0 Å². The quantitative estimate of drug-likeness (QED) is 0.865. The standard InChI is InChI=1S/C11H11F2NO3/c1-16-8-4-2-3-7(5-8)9-11(12,13)6-17-10(15)14-9/h2-5,9H,6H2,1H3,(H,14,15)/t9-/m1/s1. The van der Waals surface area contributed by atoms with E-state index in [2.05, 4.69) is 10.1 Å². The van der Waals surface area contributed by atoms with Crippen molar-refractivity contribution in [2.45, 2.75) is 12.0 Å². The summed E-state index contributed by atoms with van der Waals surface area (Å²) >= 11 is 0. The molecule has 17 heavy (non-hydrogen) atoms. The van der Waals surface area contributed by atoms with Crippen molar-refractivity contribution < 1.29 is 23.0 Å². The highest BCUT2D eigenvalue weighted by atomic mass is 19.3. The molecule has 0 saturated carbocycles. The molecule has 0 spiro atoms. The summed E-state index contributed by atoms with van der Waals surface area (Å²) < 4.78 is 36.4. The van der Waals surface area contributed by atoms with Gasteiger partial charge in [-0.15, -0.1) is 0 Å². The summed E-state index contributed by atoms with van der Waals surface area (Å²) in [7, 11) is 1.44. The number of benzene rings is 1. The van der Waals surface area contributed by atoms with Gasteiger partial charge in [0, 0.05) is 0 Å². The molecule has 6 heteroatoms. The smallest absolute Gasteiger partial charge is 0.408 e. The Kier molecular flexibility index (Phi) is 2.87. The molecule has 0 radical (unpaired) electrons. The molecule has 1 fully saturated rings. The largest absolute Gasteiger partial charge is 0.497 e. The van der Waals surface area contributed by atoms with Crippen molar-refractivity contribution in [1.29, 1.82) is 0 Å². The Bertz CT molecular complexity index is 436. The summed E-state index contributed by atoms with van der Waals surface area (Å²) in [6.45, 7) is -0.916. The lowest BCUT2D eigenvalue weighted by atomic mass is 10.00. The Labute approximate surface area is 96.5 Å². The van der Waals surface area contributed by atoms with E-state index in [0.717, 1.165) is 0 Å². The van der Waals surface area contributed by atoms with E-state index in [1.165, 1.54) is 19.2 Å². The van der Waals surface area contributed by atoms with Gasteiger partial charge < -0.3 is 14.8 Å². The van der Waals surface area contributed by atoms with E-state index in [1.54, 1.807) is 12.1 Å². The van der Waals surface area contributed by atoms with E-state index in [1.807, 2.05) is 0 Å². The van der Waals surface area contributed by atoms with Crippen molar-refractivity contribution >= 4 is 6.09 Å². The lowest BCUT2D eigenvalue weighted by Gasteiger charge is -2.31. The Morgan fingerprint density at radius 3 is 3.00 bits per heavy atom. The van der Waals surface area contributed by atoms with Crippen LogP contribution in [0.5, 0.6) is 5.75 Å². The average Bonchev–Trinajstić information content (AvgIpc) is 2.32. The van der Waals surface area contributed by atoms with Crippen molar-refractivity contribution in [2.75, 3.05) is 13.7 Å². The number of amides is 1. The molecule has 2 rings (SSSR count). The third-order valence-electron chi connectivity index (χ3n) is 2.51. The maximum atomic E-state index is 13.6. The summed E-state index contributed by atoms with van der Waals surface area (Å²) in [4.78, 5) is 11.0. The number of hydrogen-bond acceptors (Lipinski definition) is 3. The van der Waals surface area contributed by atoms with Gasteiger partial charge >= 0.3 is 12.0 Å². The van der Waals surface area contributed by atoms with Crippen molar-refractivity contribution in [3.63, 3.8) is 0 Å². The molecule has 1 saturated heterocycles.